The van der Waals surface area contributed by atoms with Crippen molar-refractivity contribution in [1.82, 2.24) is 10.6 Å². The van der Waals surface area contributed by atoms with E-state index in [0.717, 1.165) is 51.4 Å². The van der Waals surface area contributed by atoms with Gasteiger partial charge in [-0.3, -0.25) is 9.59 Å². The van der Waals surface area contributed by atoms with Gasteiger partial charge in [-0.2, -0.15) is 0 Å². The van der Waals surface area contributed by atoms with E-state index in [2.05, 4.69) is 24.5 Å². The molecule has 0 aliphatic heterocycles. The number of carbonyl (C=O) groups is 2. The Hall–Kier alpha value is -1.06. The molecule has 2 amide bonds. The molecule has 30 heavy (non-hydrogen) atoms. The summed E-state index contributed by atoms with van der Waals surface area (Å²) in [6.45, 7) is 4.47. The molecule has 1 rings (SSSR count). The molecule has 0 radical (unpaired) electrons. The fraction of sp³-hybridized carbons (Fsp3) is 0.923. The first-order chi connectivity index (χ1) is 14.7. The average Bonchev–Trinajstić information content (AvgIpc) is 2.74. The van der Waals surface area contributed by atoms with E-state index in [9.17, 15) is 9.59 Å². The molecule has 0 unspecified atom stereocenters. The summed E-state index contributed by atoms with van der Waals surface area (Å²) >= 11 is 0. The molecule has 0 aromatic carbocycles. The summed E-state index contributed by atoms with van der Waals surface area (Å²) in [7, 11) is 0. The van der Waals surface area contributed by atoms with Gasteiger partial charge >= 0.3 is 0 Å². The molecule has 1 aliphatic carbocycles. The van der Waals surface area contributed by atoms with E-state index in [1.165, 1.54) is 64.2 Å². The summed E-state index contributed by atoms with van der Waals surface area (Å²) in [4.78, 5) is 24.7. The van der Waals surface area contributed by atoms with Crippen LogP contribution in [0.4, 0.5) is 0 Å². The quantitative estimate of drug-likeness (QED) is 0.238. The van der Waals surface area contributed by atoms with Gasteiger partial charge in [-0.25, -0.2) is 0 Å². The number of unbranched alkanes of at least 4 members (excludes halogenated alkanes) is 12. The number of rotatable bonds is 18. The molecule has 0 aromatic rings. The third-order valence-corrected chi connectivity index (χ3v) is 6.47. The van der Waals surface area contributed by atoms with Gasteiger partial charge in [0, 0.05) is 24.9 Å². The second kappa shape index (κ2) is 18.7. The van der Waals surface area contributed by atoms with Crippen molar-refractivity contribution in [2.45, 2.75) is 154 Å². The van der Waals surface area contributed by atoms with Gasteiger partial charge < -0.3 is 10.6 Å². The highest BCUT2D eigenvalue weighted by Gasteiger charge is 2.27. The molecular formula is C26H50N2O2. The summed E-state index contributed by atoms with van der Waals surface area (Å²) in [6.07, 6.45) is 22.7. The molecule has 0 spiro atoms. The minimum Gasteiger partial charge on any atom is -0.351 e. The lowest BCUT2D eigenvalue weighted by atomic mass is 9.90. The largest absolute Gasteiger partial charge is 0.351 e. The molecule has 4 nitrogen and oxygen atoms in total. The molecule has 2 N–H and O–H groups in total. The minimum absolute atomic E-state index is 0.119. The van der Waals surface area contributed by atoms with Gasteiger partial charge in [0.1, 0.15) is 0 Å². The van der Waals surface area contributed by atoms with Crippen LogP contribution >= 0.6 is 0 Å². The van der Waals surface area contributed by atoms with Crippen LogP contribution in [0.3, 0.4) is 0 Å². The van der Waals surface area contributed by atoms with Gasteiger partial charge in [-0.05, 0) is 25.7 Å². The van der Waals surface area contributed by atoms with Crippen LogP contribution in [0.15, 0.2) is 0 Å². The predicted molar refractivity (Wildman–Crippen MR) is 128 cm³/mol. The van der Waals surface area contributed by atoms with E-state index < -0.39 is 0 Å². The van der Waals surface area contributed by atoms with Crippen molar-refractivity contribution in [3.63, 3.8) is 0 Å². The highest BCUT2D eigenvalue weighted by molar-refractivity contribution is 5.77. The number of hydrogen-bond acceptors (Lipinski definition) is 2. The molecule has 0 saturated heterocycles. The highest BCUT2D eigenvalue weighted by Crippen LogP contribution is 2.19. The van der Waals surface area contributed by atoms with Crippen molar-refractivity contribution in [1.29, 1.82) is 0 Å². The Kier molecular flexibility index (Phi) is 16.8. The van der Waals surface area contributed by atoms with Gasteiger partial charge in [0.2, 0.25) is 11.8 Å². The first-order valence-corrected chi connectivity index (χ1v) is 13.3. The SMILES string of the molecule is CCCCCCCCCC(=O)N[C@@H]1CCCC[C@H]1NC(=O)CCCCCCCCC. The Bertz CT molecular complexity index is 399. The smallest absolute Gasteiger partial charge is 0.220 e. The minimum atomic E-state index is 0.119. The second-order valence-electron chi connectivity index (χ2n) is 9.38. The number of nitrogens with one attached hydrogen (secondary N) is 2. The molecule has 1 saturated carbocycles. The molecule has 4 heteroatoms. The molecule has 1 aliphatic rings. The zero-order valence-corrected chi connectivity index (χ0v) is 20.1. The number of hydrogen-bond donors (Lipinski definition) is 2. The molecular weight excluding hydrogens is 372 g/mol. The van der Waals surface area contributed by atoms with E-state index in [1.807, 2.05) is 0 Å². The number of carbonyl (C=O) groups excluding carboxylic acids is 2. The lowest BCUT2D eigenvalue weighted by Gasteiger charge is -2.33. The van der Waals surface area contributed by atoms with Crippen LogP contribution in [-0.2, 0) is 9.59 Å². The summed E-state index contributed by atoms with van der Waals surface area (Å²) < 4.78 is 0. The molecule has 0 bridgehead atoms. The van der Waals surface area contributed by atoms with E-state index in [0.29, 0.717) is 12.8 Å². The van der Waals surface area contributed by atoms with Crippen LogP contribution < -0.4 is 10.6 Å². The van der Waals surface area contributed by atoms with E-state index >= 15 is 0 Å². The van der Waals surface area contributed by atoms with E-state index in [-0.39, 0.29) is 23.9 Å². The van der Waals surface area contributed by atoms with Crippen molar-refractivity contribution in [2.24, 2.45) is 0 Å². The third-order valence-electron chi connectivity index (χ3n) is 6.47. The Labute approximate surface area is 186 Å². The Morgan fingerprint density at radius 3 is 1.27 bits per heavy atom. The van der Waals surface area contributed by atoms with Crippen LogP contribution in [-0.4, -0.2) is 23.9 Å². The molecule has 176 valence electrons. The second-order valence-corrected chi connectivity index (χ2v) is 9.38. The highest BCUT2D eigenvalue weighted by atomic mass is 16.2. The standard InChI is InChI=1S/C26H50N2O2/c1-3-5-7-9-11-13-15-21-25(29)27-23-19-17-18-20-24(23)28-26(30)22-16-14-12-10-8-6-4-2/h23-24H,3-22H2,1-2H3,(H,27,29)(H,28,30)/t23-,24-/m1/s1. The van der Waals surface area contributed by atoms with Gasteiger partial charge in [0.25, 0.3) is 0 Å². The molecule has 0 heterocycles. The normalized spacial score (nSPS) is 18.9. The van der Waals surface area contributed by atoms with Gasteiger partial charge in [-0.1, -0.05) is 104 Å². The van der Waals surface area contributed by atoms with Gasteiger partial charge in [-0.15, -0.1) is 0 Å². The van der Waals surface area contributed by atoms with Crippen molar-refractivity contribution >= 4 is 11.8 Å². The van der Waals surface area contributed by atoms with Crippen LogP contribution in [0.1, 0.15) is 142 Å². The summed E-state index contributed by atoms with van der Waals surface area (Å²) in [5.74, 6) is 0.337. The van der Waals surface area contributed by atoms with Crippen LogP contribution in [0.5, 0.6) is 0 Å². The molecule has 0 aromatic heterocycles. The Balaban J connectivity index is 2.17. The maximum absolute atomic E-state index is 12.4. The van der Waals surface area contributed by atoms with E-state index in [4.69, 9.17) is 0 Å². The summed E-state index contributed by atoms with van der Waals surface area (Å²) in [5, 5.41) is 6.46. The predicted octanol–water partition coefficient (Wildman–Crippen LogP) is 6.81. The van der Waals surface area contributed by atoms with Crippen molar-refractivity contribution in [3.8, 4) is 0 Å². The van der Waals surface area contributed by atoms with Gasteiger partial charge in [0.05, 0.1) is 0 Å². The maximum atomic E-state index is 12.4. The maximum Gasteiger partial charge on any atom is 0.220 e. The van der Waals surface area contributed by atoms with Crippen LogP contribution in [0.2, 0.25) is 0 Å². The Morgan fingerprint density at radius 2 is 0.900 bits per heavy atom. The van der Waals surface area contributed by atoms with Gasteiger partial charge in [0.15, 0.2) is 0 Å². The topological polar surface area (TPSA) is 58.2 Å². The average molecular weight is 423 g/mol. The first-order valence-electron chi connectivity index (χ1n) is 13.3. The summed E-state index contributed by atoms with van der Waals surface area (Å²) in [6, 6.07) is 0.239. The summed E-state index contributed by atoms with van der Waals surface area (Å²) in [5.41, 5.74) is 0. The van der Waals surface area contributed by atoms with Crippen molar-refractivity contribution in [3.05, 3.63) is 0 Å². The monoisotopic (exact) mass is 422 g/mol. The lowest BCUT2D eigenvalue weighted by molar-refractivity contribution is -0.125. The Morgan fingerprint density at radius 1 is 0.567 bits per heavy atom. The van der Waals surface area contributed by atoms with E-state index in [1.54, 1.807) is 0 Å². The first kappa shape index (κ1) is 27.0. The van der Waals surface area contributed by atoms with Crippen molar-refractivity contribution in [2.75, 3.05) is 0 Å². The molecule has 2 atom stereocenters. The van der Waals surface area contributed by atoms with Crippen LogP contribution in [0, 0.1) is 0 Å². The lowest BCUT2D eigenvalue weighted by Crippen LogP contribution is -2.53. The zero-order chi connectivity index (χ0) is 21.9. The zero-order valence-electron chi connectivity index (χ0n) is 20.1. The number of amides is 2. The fourth-order valence-corrected chi connectivity index (χ4v) is 4.52. The third kappa shape index (κ3) is 14.0. The van der Waals surface area contributed by atoms with Crippen LogP contribution in [0.25, 0.3) is 0 Å². The van der Waals surface area contributed by atoms with Crippen molar-refractivity contribution < 1.29 is 9.59 Å². The molecule has 1 fully saturated rings. The fourth-order valence-electron chi connectivity index (χ4n) is 4.52.